The highest BCUT2D eigenvalue weighted by Gasteiger charge is 2.51. The molecule has 6 N–H and O–H groups in total. The molecule has 0 aliphatic carbocycles. The average Bonchev–Trinajstić information content (AvgIpc) is 3.20. The van der Waals surface area contributed by atoms with Gasteiger partial charge in [-0.3, -0.25) is 0 Å². The van der Waals surface area contributed by atoms with Gasteiger partial charge in [0.15, 0.2) is 10.3 Å². The van der Waals surface area contributed by atoms with E-state index in [0.717, 1.165) is 50.9 Å². The van der Waals surface area contributed by atoms with Gasteiger partial charge < -0.3 is 26.5 Å². The number of hydrogen-bond donors (Lipinski definition) is 3. The summed E-state index contributed by atoms with van der Waals surface area (Å²) in [6.07, 6.45) is 0. The Labute approximate surface area is 339 Å². The lowest BCUT2D eigenvalue weighted by molar-refractivity contribution is 0.00578. The highest BCUT2D eigenvalue weighted by atomic mass is 35.5. The van der Waals surface area contributed by atoms with Crippen LogP contribution >= 0.6 is 23.2 Å². The number of nitrogens with two attached hydrogens (primary N) is 3. The summed E-state index contributed by atoms with van der Waals surface area (Å²) in [5.74, 6) is 2.73. The molecule has 3 aromatic rings. The van der Waals surface area contributed by atoms with Crippen molar-refractivity contribution in [1.82, 2.24) is 29.9 Å². The first-order chi connectivity index (χ1) is 22.7. The molecule has 0 unspecified atom stereocenters. The molecule has 0 atom stereocenters. The summed E-state index contributed by atoms with van der Waals surface area (Å²) < 4.78 is 11.4. The van der Waals surface area contributed by atoms with E-state index >= 15 is 0 Å². The molecule has 0 radical (unpaired) electrons. The first kappa shape index (κ1) is 57.2. The fourth-order valence-corrected chi connectivity index (χ4v) is 4.77. The van der Waals surface area contributed by atoms with Gasteiger partial charge in [-0.15, -0.1) is 6.58 Å². The smallest absolute Gasteiger partial charge is 0.400 e. The van der Waals surface area contributed by atoms with Crippen molar-refractivity contribution in [2.24, 2.45) is 0 Å². The number of rotatable bonds is 5. The van der Waals surface area contributed by atoms with Gasteiger partial charge in [-0.1, -0.05) is 99.2 Å². The zero-order valence-electron chi connectivity index (χ0n) is 32.3. The van der Waals surface area contributed by atoms with E-state index in [1.165, 1.54) is 0 Å². The SMILES string of the molecule is C.C.C.C.C=C(C)B1OC(C)(C)C(C)(C)O1.C=C(C)c1nc(C)nc(C(=C)C)c1N.Cc1nc(C(C)C)c(N)c(C(C)C)n1.Cc1nc(Cl)c(N)c(Cl)n1. The van der Waals surface area contributed by atoms with Crippen LogP contribution in [0.25, 0.3) is 11.1 Å². The Morgan fingerprint density at radius 1 is 0.574 bits per heavy atom. The summed E-state index contributed by atoms with van der Waals surface area (Å²) in [6.45, 7) is 39.1. The van der Waals surface area contributed by atoms with Crippen molar-refractivity contribution in [3.8, 4) is 0 Å². The van der Waals surface area contributed by atoms with E-state index in [9.17, 15) is 0 Å². The Kier molecular flexibility index (Phi) is 24.7. The van der Waals surface area contributed by atoms with E-state index in [4.69, 9.17) is 49.7 Å². The number of halogens is 2. The maximum absolute atomic E-state index is 6.03. The molecule has 4 rings (SSSR count). The number of nitrogen functional groups attached to an aromatic ring is 3. The number of anilines is 3. The maximum atomic E-state index is 6.03. The largest absolute Gasteiger partial charge is 0.489 e. The molecule has 0 amide bonds. The van der Waals surface area contributed by atoms with Crippen LogP contribution in [0, 0.1) is 20.8 Å². The average molecular weight is 793 g/mol. The van der Waals surface area contributed by atoms with E-state index in [2.05, 4.69) is 77.3 Å². The Balaban J connectivity index is -0.000000303. The fourth-order valence-electron chi connectivity index (χ4n) is 4.30. The number of aromatic nitrogens is 6. The van der Waals surface area contributed by atoms with Crippen LogP contribution in [-0.2, 0) is 9.31 Å². The van der Waals surface area contributed by atoms with Gasteiger partial charge in [-0.25, -0.2) is 29.9 Å². The standard InChI is InChI=1S/C11H19N3.C11H15N3.C9H17BO2.C5H5Cl2N3.4CH4/c2*1-6(2)10-9(12)11(7(3)4)14-8(5)13-10;1-7(2)10-11-8(3,4)9(5,6)12-10;1-2-9-4(6)3(8)5(7)10-2;;;;/h6-7H,12H2,1-5H3;1,3,12H2,2,4-5H3;1H2,2-6H3;8H2,1H3;4*1H4. The maximum Gasteiger partial charge on any atom is 0.489 e. The molecule has 1 aliphatic rings. The first-order valence-electron chi connectivity index (χ1n) is 16.3. The molecule has 0 bridgehead atoms. The number of aryl methyl sites for hydroxylation is 3. The number of nitrogens with zero attached hydrogens (tertiary/aromatic N) is 6. The molecule has 1 aliphatic heterocycles. The van der Waals surface area contributed by atoms with Gasteiger partial charge in [0.05, 0.1) is 45.4 Å². The van der Waals surface area contributed by atoms with Crippen molar-refractivity contribution in [1.29, 1.82) is 0 Å². The molecular weight excluding hydrogens is 720 g/mol. The van der Waals surface area contributed by atoms with Gasteiger partial charge in [-0.2, -0.15) is 0 Å². The van der Waals surface area contributed by atoms with Gasteiger partial charge in [-0.05, 0) is 92.2 Å². The van der Waals surface area contributed by atoms with Crippen LogP contribution in [-0.4, -0.2) is 48.2 Å². The van der Waals surface area contributed by atoms with Crippen LogP contribution in [0.5, 0.6) is 0 Å². The second-order valence-electron chi connectivity index (χ2n) is 13.9. The molecule has 0 saturated carbocycles. The van der Waals surface area contributed by atoms with Crippen LogP contribution in [0.2, 0.25) is 10.3 Å². The second-order valence-corrected chi connectivity index (χ2v) is 14.6. The van der Waals surface area contributed by atoms with Crippen LogP contribution in [0.4, 0.5) is 17.1 Å². The highest BCUT2D eigenvalue weighted by molar-refractivity contribution is 6.54. The molecule has 3 aromatic heterocycles. The Bertz CT molecular complexity index is 1610. The highest BCUT2D eigenvalue weighted by Crippen LogP contribution is 2.38. The second kappa shape index (κ2) is 23.4. The van der Waals surface area contributed by atoms with Gasteiger partial charge in [0.1, 0.15) is 23.2 Å². The normalized spacial score (nSPS) is 13.1. The third-order valence-electron chi connectivity index (χ3n) is 7.70. The quantitative estimate of drug-likeness (QED) is 0.166. The summed E-state index contributed by atoms with van der Waals surface area (Å²) in [6, 6.07) is 0. The Hall–Kier alpha value is -3.58. The van der Waals surface area contributed by atoms with Gasteiger partial charge in [0, 0.05) is 0 Å². The molecule has 11 nitrogen and oxygen atoms in total. The van der Waals surface area contributed by atoms with Crippen molar-refractivity contribution in [2.75, 3.05) is 17.2 Å². The van der Waals surface area contributed by atoms with Crippen molar-refractivity contribution >= 4 is 58.5 Å². The molecule has 4 heterocycles. The minimum atomic E-state index is -0.241. The summed E-state index contributed by atoms with van der Waals surface area (Å²) in [7, 11) is -0.241. The van der Waals surface area contributed by atoms with E-state index in [1.54, 1.807) is 6.92 Å². The van der Waals surface area contributed by atoms with Gasteiger partial charge in [0.25, 0.3) is 0 Å². The van der Waals surface area contributed by atoms with Crippen LogP contribution in [0.15, 0.2) is 25.2 Å². The molecule has 1 fully saturated rings. The van der Waals surface area contributed by atoms with Crippen molar-refractivity contribution in [3.05, 3.63) is 75.8 Å². The molecule has 1 saturated heterocycles. The zero-order chi connectivity index (χ0) is 39.0. The third kappa shape index (κ3) is 15.6. The van der Waals surface area contributed by atoms with Crippen molar-refractivity contribution in [3.63, 3.8) is 0 Å². The third-order valence-corrected chi connectivity index (χ3v) is 8.27. The molecule has 54 heavy (non-hydrogen) atoms. The molecular formula is C40H72BCl2N9O2. The summed E-state index contributed by atoms with van der Waals surface area (Å²) in [5.41, 5.74) is 24.4. The van der Waals surface area contributed by atoms with Crippen molar-refractivity contribution in [2.45, 2.75) is 150 Å². The van der Waals surface area contributed by atoms with E-state index in [1.807, 2.05) is 62.3 Å². The first-order valence-corrected chi connectivity index (χ1v) is 17.0. The number of hydrogen-bond acceptors (Lipinski definition) is 11. The number of allylic oxidation sites excluding steroid dienone is 3. The lowest BCUT2D eigenvalue weighted by atomic mass is 9.81. The minimum Gasteiger partial charge on any atom is -0.400 e. The molecule has 306 valence electrons. The van der Waals surface area contributed by atoms with Crippen molar-refractivity contribution < 1.29 is 9.31 Å². The summed E-state index contributed by atoms with van der Waals surface area (Å²) in [5, 5.41) is 0.412. The predicted octanol–water partition coefficient (Wildman–Crippen LogP) is 11.5. The van der Waals surface area contributed by atoms with Crippen LogP contribution < -0.4 is 17.2 Å². The van der Waals surface area contributed by atoms with Crippen LogP contribution in [0.1, 0.15) is 158 Å². The monoisotopic (exact) mass is 792 g/mol. The lowest BCUT2D eigenvalue weighted by Crippen LogP contribution is -2.41. The van der Waals surface area contributed by atoms with E-state index < -0.39 is 0 Å². The van der Waals surface area contributed by atoms with E-state index in [-0.39, 0.29) is 64.0 Å². The lowest BCUT2D eigenvalue weighted by Gasteiger charge is -2.32. The summed E-state index contributed by atoms with van der Waals surface area (Å²) >= 11 is 11.1. The van der Waals surface area contributed by atoms with Crippen LogP contribution in [0.3, 0.4) is 0 Å². The fraction of sp³-hybridized carbons (Fsp3) is 0.550. The topological polar surface area (TPSA) is 174 Å². The molecule has 14 heteroatoms. The van der Waals surface area contributed by atoms with E-state index in [0.29, 0.717) is 29.2 Å². The Morgan fingerprint density at radius 3 is 1.13 bits per heavy atom. The van der Waals surface area contributed by atoms with Gasteiger partial charge in [0.2, 0.25) is 0 Å². The summed E-state index contributed by atoms with van der Waals surface area (Å²) in [4.78, 5) is 24.8. The Morgan fingerprint density at radius 2 is 0.870 bits per heavy atom. The molecule has 0 spiro atoms. The molecule has 0 aromatic carbocycles. The predicted molar refractivity (Wildman–Crippen MR) is 239 cm³/mol. The van der Waals surface area contributed by atoms with Gasteiger partial charge >= 0.3 is 7.12 Å². The minimum absolute atomic E-state index is 0. The zero-order valence-corrected chi connectivity index (χ0v) is 33.9.